The number of nitrogens with one attached hydrogen (secondary N) is 2. The Kier molecular flexibility index (Phi) is 9.85. The van der Waals surface area contributed by atoms with Crippen molar-refractivity contribution in [2.45, 2.75) is 6.92 Å². The molecule has 208 valence electrons. The van der Waals surface area contributed by atoms with Gasteiger partial charge >= 0.3 is 5.97 Å². The number of hydrogen-bond donors (Lipinski definition) is 2. The lowest BCUT2D eigenvalue weighted by Gasteiger charge is -2.12. The molecular formula is C31H26BrN3O6. The predicted octanol–water partition coefficient (Wildman–Crippen LogP) is 6.09. The van der Waals surface area contributed by atoms with Crippen molar-refractivity contribution < 1.29 is 28.6 Å². The van der Waals surface area contributed by atoms with Gasteiger partial charge in [-0.05, 0) is 91.3 Å². The Morgan fingerprint density at radius 1 is 0.854 bits per heavy atom. The molecule has 0 aromatic heterocycles. The van der Waals surface area contributed by atoms with Crippen molar-refractivity contribution in [2.24, 2.45) is 5.10 Å². The number of anilines is 1. The average Bonchev–Trinajstić information content (AvgIpc) is 2.99. The maximum absolute atomic E-state index is 12.9. The minimum Gasteiger partial charge on any atom is -0.497 e. The number of nitrogens with zero attached hydrogens (tertiary/aromatic N) is 1. The van der Waals surface area contributed by atoms with Gasteiger partial charge in [0.1, 0.15) is 5.75 Å². The summed E-state index contributed by atoms with van der Waals surface area (Å²) in [6.45, 7) is 2.15. The minimum absolute atomic E-state index is 0.240. The van der Waals surface area contributed by atoms with Crippen molar-refractivity contribution in [3.63, 3.8) is 0 Å². The third kappa shape index (κ3) is 7.80. The number of hydrazone groups is 1. The number of ether oxygens (including phenoxy) is 3. The van der Waals surface area contributed by atoms with Crippen molar-refractivity contribution in [1.82, 2.24) is 5.43 Å². The van der Waals surface area contributed by atoms with Gasteiger partial charge in [-0.1, -0.05) is 28.1 Å². The molecule has 0 unspecified atom stereocenters. The van der Waals surface area contributed by atoms with E-state index in [1.165, 1.54) is 6.21 Å². The fourth-order valence-electron chi connectivity index (χ4n) is 3.66. The molecule has 4 aromatic carbocycles. The lowest BCUT2D eigenvalue weighted by atomic mass is 10.1. The molecule has 41 heavy (non-hydrogen) atoms. The van der Waals surface area contributed by atoms with Gasteiger partial charge in [0.25, 0.3) is 11.8 Å². The van der Waals surface area contributed by atoms with Crippen molar-refractivity contribution in [3.05, 3.63) is 118 Å². The van der Waals surface area contributed by atoms with Gasteiger partial charge in [-0.25, -0.2) is 10.2 Å². The summed E-state index contributed by atoms with van der Waals surface area (Å²) in [6.07, 6.45) is 1.43. The molecule has 0 aliphatic carbocycles. The smallest absolute Gasteiger partial charge is 0.343 e. The zero-order valence-electron chi connectivity index (χ0n) is 22.2. The van der Waals surface area contributed by atoms with Gasteiger partial charge in [-0.15, -0.1) is 0 Å². The SMILES string of the molecule is CCOc1cc(/C=N\NC(=O)c2ccccc2NC(=O)c2ccc(Br)cc2)ccc1OC(=O)c1ccc(OC)cc1. The molecule has 4 rings (SSSR count). The molecule has 0 radical (unpaired) electrons. The Hall–Kier alpha value is -4.96. The van der Waals surface area contributed by atoms with E-state index < -0.39 is 11.9 Å². The number of para-hydroxylation sites is 1. The number of carbonyl (C=O) groups excluding carboxylic acids is 3. The maximum atomic E-state index is 12.9. The topological polar surface area (TPSA) is 115 Å². The van der Waals surface area contributed by atoms with Gasteiger partial charge in [0.2, 0.25) is 0 Å². The molecule has 0 saturated heterocycles. The molecular weight excluding hydrogens is 590 g/mol. The number of rotatable bonds is 10. The molecule has 4 aromatic rings. The highest BCUT2D eigenvalue weighted by molar-refractivity contribution is 9.10. The number of carbonyl (C=O) groups is 3. The van der Waals surface area contributed by atoms with Gasteiger partial charge in [-0.3, -0.25) is 9.59 Å². The number of benzene rings is 4. The van der Waals surface area contributed by atoms with Crippen molar-refractivity contribution in [2.75, 3.05) is 19.0 Å². The molecule has 0 bridgehead atoms. The number of hydrogen-bond acceptors (Lipinski definition) is 7. The summed E-state index contributed by atoms with van der Waals surface area (Å²) >= 11 is 3.34. The Bertz CT molecular complexity index is 1570. The van der Waals surface area contributed by atoms with Crippen LogP contribution in [0.5, 0.6) is 17.2 Å². The van der Waals surface area contributed by atoms with E-state index in [9.17, 15) is 14.4 Å². The van der Waals surface area contributed by atoms with Crippen LogP contribution in [0.2, 0.25) is 0 Å². The van der Waals surface area contributed by atoms with E-state index in [1.54, 1.807) is 98.1 Å². The first-order valence-corrected chi connectivity index (χ1v) is 13.3. The second kappa shape index (κ2) is 13.9. The third-order valence-electron chi connectivity index (χ3n) is 5.70. The highest BCUT2D eigenvalue weighted by Crippen LogP contribution is 2.29. The maximum Gasteiger partial charge on any atom is 0.343 e. The summed E-state index contributed by atoms with van der Waals surface area (Å²) in [5.74, 6) is -0.204. The summed E-state index contributed by atoms with van der Waals surface area (Å²) < 4.78 is 17.2. The zero-order chi connectivity index (χ0) is 29.2. The van der Waals surface area contributed by atoms with Crippen LogP contribution in [0.25, 0.3) is 0 Å². The van der Waals surface area contributed by atoms with Crippen LogP contribution in [0.3, 0.4) is 0 Å². The first-order valence-electron chi connectivity index (χ1n) is 12.5. The van der Waals surface area contributed by atoms with Crippen LogP contribution in [0, 0.1) is 0 Å². The van der Waals surface area contributed by atoms with Crippen LogP contribution in [-0.2, 0) is 0 Å². The van der Waals surface area contributed by atoms with Crippen molar-refractivity contribution in [3.8, 4) is 17.2 Å². The Morgan fingerprint density at radius 3 is 2.27 bits per heavy atom. The Labute approximate surface area is 245 Å². The van der Waals surface area contributed by atoms with E-state index in [0.717, 1.165) is 4.47 Å². The van der Waals surface area contributed by atoms with Gasteiger partial charge in [0, 0.05) is 10.0 Å². The summed E-state index contributed by atoms with van der Waals surface area (Å²) in [7, 11) is 1.54. The molecule has 0 aliphatic rings. The van der Waals surface area contributed by atoms with E-state index in [4.69, 9.17) is 14.2 Å². The number of methoxy groups -OCH3 is 1. The van der Waals surface area contributed by atoms with Gasteiger partial charge in [0.05, 0.1) is 36.7 Å². The highest BCUT2D eigenvalue weighted by atomic mass is 79.9. The standard InChI is InChI=1S/C31H26BrN3O6/c1-3-40-28-18-20(8-17-27(28)41-31(38)22-11-15-24(39-2)16-12-22)19-33-35-30(37)25-6-4-5-7-26(25)34-29(36)21-9-13-23(32)14-10-21/h4-19H,3H2,1-2H3,(H,34,36)(H,35,37)/b33-19-. The molecule has 0 heterocycles. The van der Waals surface area contributed by atoms with Crippen LogP contribution < -0.4 is 25.0 Å². The fraction of sp³-hybridized carbons (Fsp3) is 0.0968. The number of esters is 1. The first kappa shape index (κ1) is 29.0. The van der Waals surface area contributed by atoms with Gasteiger partial charge in [0.15, 0.2) is 11.5 Å². The Balaban J connectivity index is 1.42. The van der Waals surface area contributed by atoms with Crippen LogP contribution >= 0.6 is 15.9 Å². The second-order valence-corrected chi connectivity index (χ2v) is 9.38. The third-order valence-corrected chi connectivity index (χ3v) is 6.23. The lowest BCUT2D eigenvalue weighted by molar-refractivity contribution is 0.0728. The van der Waals surface area contributed by atoms with E-state index in [-0.39, 0.29) is 17.2 Å². The normalized spacial score (nSPS) is 10.6. The largest absolute Gasteiger partial charge is 0.497 e. The number of halogens is 1. The van der Waals surface area contributed by atoms with Crippen LogP contribution in [0.15, 0.2) is 101 Å². The van der Waals surface area contributed by atoms with Gasteiger partial charge < -0.3 is 19.5 Å². The summed E-state index contributed by atoms with van der Waals surface area (Å²) in [5, 5.41) is 6.81. The summed E-state index contributed by atoms with van der Waals surface area (Å²) in [6, 6.07) is 24.9. The van der Waals surface area contributed by atoms with Crippen LogP contribution in [-0.4, -0.2) is 37.7 Å². The van der Waals surface area contributed by atoms with Gasteiger partial charge in [-0.2, -0.15) is 5.10 Å². The van der Waals surface area contributed by atoms with Crippen molar-refractivity contribution in [1.29, 1.82) is 0 Å². The van der Waals surface area contributed by atoms with E-state index in [1.807, 2.05) is 6.92 Å². The minimum atomic E-state index is -0.548. The molecule has 0 saturated carbocycles. The molecule has 2 N–H and O–H groups in total. The molecule has 2 amide bonds. The molecule has 0 aliphatic heterocycles. The number of amides is 2. The first-order chi connectivity index (χ1) is 19.9. The monoisotopic (exact) mass is 615 g/mol. The van der Waals surface area contributed by atoms with Crippen LogP contribution in [0.4, 0.5) is 5.69 Å². The molecule has 9 nitrogen and oxygen atoms in total. The predicted molar refractivity (Wildman–Crippen MR) is 159 cm³/mol. The molecule has 0 fully saturated rings. The highest BCUT2D eigenvalue weighted by Gasteiger charge is 2.15. The summed E-state index contributed by atoms with van der Waals surface area (Å²) in [4.78, 5) is 38.1. The molecule has 0 spiro atoms. The van der Waals surface area contributed by atoms with E-state index in [0.29, 0.717) is 40.5 Å². The van der Waals surface area contributed by atoms with E-state index in [2.05, 4.69) is 31.8 Å². The fourth-order valence-corrected chi connectivity index (χ4v) is 3.92. The summed E-state index contributed by atoms with van der Waals surface area (Å²) in [5.41, 5.74) is 4.46. The molecule has 10 heteroatoms. The van der Waals surface area contributed by atoms with Crippen molar-refractivity contribution >= 4 is 45.6 Å². The van der Waals surface area contributed by atoms with E-state index >= 15 is 0 Å². The quantitative estimate of drug-likeness (QED) is 0.0965. The average molecular weight is 616 g/mol. The lowest BCUT2D eigenvalue weighted by Crippen LogP contribution is -2.21. The second-order valence-electron chi connectivity index (χ2n) is 8.46. The van der Waals surface area contributed by atoms with Crippen LogP contribution in [0.1, 0.15) is 43.6 Å². The molecule has 0 atom stereocenters. The zero-order valence-corrected chi connectivity index (χ0v) is 23.8. The Morgan fingerprint density at radius 2 is 1.56 bits per heavy atom.